The molecule has 0 radical (unpaired) electrons. The van der Waals surface area contributed by atoms with Crippen molar-refractivity contribution >= 4 is 34.0 Å². The molecule has 1 heterocycles. The Labute approximate surface area is 189 Å². The van der Waals surface area contributed by atoms with Crippen LogP contribution < -0.4 is 10.9 Å². The van der Waals surface area contributed by atoms with Gasteiger partial charge in [-0.25, -0.2) is 4.68 Å². The molecular formula is C25H19ClN4O2. The second kappa shape index (κ2) is 9.04. The molecule has 0 fully saturated rings. The summed E-state index contributed by atoms with van der Waals surface area (Å²) < 4.78 is 1.24. The van der Waals surface area contributed by atoms with E-state index in [0.29, 0.717) is 32.7 Å². The van der Waals surface area contributed by atoms with E-state index in [4.69, 9.17) is 11.6 Å². The Morgan fingerprint density at radius 2 is 1.78 bits per heavy atom. The van der Waals surface area contributed by atoms with Crippen LogP contribution in [0.1, 0.15) is 22.7 Å². The number of aromatic nitrogens is 2. The lowest BCUT2D eigenvalue weighted by Crippen LogP contribution is -2.24. The molecule has 0 bridgehead atoms. The number of carbonyl (C=O) groups excluding carboxylic acids is 1. The van der Waals surface area contributed by atoms with Crippen molar-refractivity contribution in [1.82, 2.24) is 9.78 Å². The zero-order valence-corrected chi connectivity index (χ0v) is 18.0. The summed E-state index contributed by atoms with van der Waals surface area (Å²) >= 11 is 6.46. The molecule has 32 heavy (non-hydrogen) atoms. The number of amides is 1. The number of carbonyl (C=O) groups is 1. The number of benzene rings is 3. The van der Waals surface area contributed by atoms with Crippen molar-refractivity contribution in [3.05, 3.63) is 105 Å². The predicted molar refractivity (Wildman–Crippen MR) is 125 cm³/mol. The van der Waals surface area contributed by atoms with Crippen molar-refractivity contribution in [2.45, 2.75) is 12.3 Å². The predicted octanol–water partition coefficient (Wildman–Crippen LogP) is 4.42. The van der Waals surface area contributed by atoms with Gasteiger partial charge in [0.05, 0.1) is 29.5 Å². The van der Waals surface area contributed by atoms with Crippen LogP contribution in [0.4, 0.5) is 5.69 Å². The quantitative estimate of drug-likeness (QED) is 0.495. The summed E-state index contributed by atoms with van der Waals surface area (Å²) in [6.45, 7) is 0. The smallest absolute Gasteiger partial charge is 0.274 e. The molecular weight excluding hydrogens is 424 g/mol. The fourth-order valence-corrected chi connectivity index (χ4v) is 3.96. The summed E-state index contributed by atoms with van der Waals surface area (Å²) in [5.74, 6) is -0.792. The molecule has 3 aromatic carbocycles. The maximum Gasteiger partial charge on any atom is 0.274 e. The molecule has 6 nitrogen and oxygen atoms in total. The van der Waals surface area contributed by atoms with E-state index in [-0.39, 0.29) is 17.9 Å². The van der Waals surface area contributed by atoms with Gasteiger partial charge in [-0.3, -0.25) is 9.59 Å². The topological polar surface area (TPSA) is 87.8 Å². The number of nitrogens with one attached hydrogen (secondary N) is 1. The second-order valence-corrected chi connectivity index (χ2v) is 7.76. The Bertz CT molecular complexity index is 1410. The zero-order valence-electron chi connectivity index (χ0n) is 17.2. The first-order valence-electron chi connectivity index (χ1n) is 9.96. The summed E-state index contributed by atoms with van der Waals surface area (Å²) in [6.07, 6.45) is -0.00115. The molecule has 0 aliphatic heterocycles. The molecule has 7 heteroatoms. The number of aryl methyl sites for hydroxylation is 1. The van der Waals surface area contributed by atoms with Gasteiger partial charge in [-0.1, -0.05) is 66.2 Å². The summed E-state index contributed by atoms with van der Waals surface area (Å²) in [6, 6.07) is 23.9. The van der Waals surface area contributed by atoms with Crippen LogP contribution in [0, 0.1) is 11.3 Å². The Balaban J connectivity index is 1.56. The van der Waals surface area contributed by atoms with Crippen LogP contribution in [0.3, 0.4) is 0 Å². The van der Waals surface area contributed by atoms with Gasteiger partial charge in [0.2, 0.25) is 5.91 Å². The van der Waals surface area contributed by atoms with Gasteiger partial charge in [-0.2, -0.15) is 10.4 Å². The van der Waals surface area contributed by atoms with Gasteiger partial charge < -0.3 is 5.32 Å². The molecule has 4 rings (SSSR count). The number of hydrogen-bond donors (Lipinski definition) is 1. The lowest BCUT2D eigenvalue weighted by molar-refractivity contribution is -0.115. The Hall–Kier alpha value is -3.95. The van der Waals surface area contributed by atoms with E-state index in [2.05, 4.69) is 16.5 Å². The third-order valence-corrected chi connectivity index (χ3v) is 5.55. The van der Waals surface area contributed by atoms with Gasteiger partial charge in [-0.05, 0) is 29.3 Å². The maximum absolute atomic E-state index is 12.7. The molecule has 0 spiro atoms. The van der Waals surface area contributed by atoms with Gasteiger partial charge in [-0.15, -0.1) is 0 Å². The van der Waals surface area contributed by atoms with Crippen molar-refractivity contribution in [3.8, 4) is 6.07 Å². The average molecular weight is 443 g/mol. The average Bonchev–Trinajstić information content (AvgIpc) is 2.80. The van der Waals surface area contributed by atoms with E-state index in [1.165, 1.54) is 4.68 Å². The normalized spacial score (nSPS) is 11.7. The van der Waals surface area contributed by atoms with Crippen LogP contribution in [-0.2, 0) is 18.3 Å². The number of rotatable bonds is 5. The third kappa shape index (κ3) is 4.25. The monoisotopic (exact) mass is 442 g/mol. The molecule has 1 amide bonds. The summed E-state index contributed by atoms with van der Waals surface area (Å²) in [5, 5.41) is 18.3. The largest absolute Gasteiger partial charge is 0.326 e. The van der Waals surface area contributed by atoms with Crippen molar-refractivity contribution in [2.24, 2.45) is 7.05 Å². The van der Waals surface area contributed by atoms with Gasteiger partial charge in [0.25, 0.3) is 5.56 Å². The van der Waals surface area contributed by atoms with Gasteiger partial charge in [0.15, 0.2) is 0 Å². The summed E-state index contributed by atoms with van der Waals surface area (Å²) in [7, 11) is 1.56. The molecule has 1 unspecified atom stereocenters. The molecule has 0 aliphatic rings. The second-order valence-electron chi connectivity index (χ2n) is 7.36. The third-order valence-electron chi connectivity index (χ3n) is 5.22. The SMILES string of the molecule is Cn1nc(CC(=O)Nc2ccc(C(C#N)c3ccccc3)c(Cl)c2)c2ccccc2c1=O. The van der Waals surface area contributed by atoms with Crippen LogP contribution in [0.25, 0.3) is 10.8 Å². The first-order chi connectivity index (χ1) is 15.5. The van der Waals surface area contributed by atoms with Gasteiger partial charge >= 0.3 is 0 Å². The molecule has 4 aromatic rings. The molecule has 0 saturated heterocycles. The zero-order chi connectivity index (χ0) is 22.7. The minimum Gasteiger partial charge on any atom is -0.326 e. The highest BCUT2D eigenvalue weighted by Gasteiger charge is 2.18. The van der Waals surface area contributed by atoms with Crippen molar-refractivity contribution in [2.75, 3.05) is 5.32 Å². The van der Waals surface area contributed by atoms with Crippen LogP contribution in [0.5, 0.6) is 0 Å². The van der Waals surface area contributed by atoms with E-state index in [9.17, 15) is 14.9 Å². The first-order valence-corrected chi connectivity index (χ1v) is 10.3. The Kier molecular flexibility index (Phi) is 6.02. The lowest BCUT2D eigenvalue weighted by atomic mass is 9.92. The first kappa shape index (κ1) is 21.3. The highest BCUT2D eigenvalue weighted by Crippen LogP contribution is 2.31. The van der Waals surface area contributed by atoms with E-state index in [0.717, 1.165) is 5.56 Å². The number of anilines is 1. The van der Waals surface area contributed by atoms with Crippen molar-refractivity contribution < 1.29 is 4.79 Å². The molecule has 1 N–H and O–H groups in total. The molecule has 0 saturated carbocycles. The molecule has 1 atom stereocenters. The fraction of sp³-hybridized carbons (Fsp3) is 0.120. The van der Waals surface area contributed by atoms with Crippen LogP contribution >= 0.6 is 11.6 Å². The number of hydrogen-bond acceptors (Lipinski definition) is 4. The minimum absolute atomic E-state index is 0.00115. The van der Waals surface area contributed by atoms with Crippen LogP contribution in [0.2, 0.25) is 5.02 Å². The molecule has 158 valence electrons. The minimum atomic E-state index is -0.505. The maximum atomic E-state index is 12.7. The van der Waals surface area contributed by atoms with Crippen LogP contribution in [-0.4, -0.2) is 15.7 Å². The highest BCUT2D eigenvalue weighted by atomic mass is 35.5. The summed E-state index contributed by atoms with van der Waals surface area (Å²) in [5.41, 5.74) is 2.34. The number of nitrogens with zero attached hydrogens (tertiary/aromatic N) is 3. The standard InChI is InChI=1S/C25H19ClN4O2/c1-30-25(32)20-10-6-5-9-19(20)23(29-30)14-24(31)28-17-11-12-18(22(26)13-17)21(15-27)16-7-3-2-4-8-16/h2-13,21H,14H2,1H3,(H,28,31). The number of fused-ring (bicyclic) bond motifs is 1. The number of halogens is 1. The van der Waals surface area contributed by atoms with Crippen molar-refractivity contribution in [3.63, 3.8) is 0 Å². The van der Waals surface area contributed by atoms with Gasteiger partial charge in [0.1, 0.15) is 0 Å². The molecule has 1 aromatic heterocycles. The lowest BCUT2D eigenvalue weighted by Gasteiger charge is -2.14. The van der Waals surface area contributed by atoms with E-state index < -0.39 is 5.92 Å². The Morgan fingerprint density at radius 1 is 1.09 bits per heavy atom. The van der Waals surface area contributed by atoms with Crippen LogP contribution in [0.15, 0.2) is 77.6 Å². The molecule has 0 aliphatic carbocycles. The highest BCUT2D eigenvalue weighted by molar-refractivity contribution is 6.31. The van der Waals surface area contributed by atoms with E-state index >= 15 is 0 Å². The van der Waals surface area contributed by atoms with E-state index in [1.54, 1.807) is 43.4 Å². The Morgan fingerprint density at radius 3 is 2.47 bits per heavy atom. The number of nitriles is 1. The summed E-state index contributed by atoms with van der Waals surface area (Å²) in [4.78, 5) is 25.0. The van der Waals surface area contributed by atoms with Gasteiger partial charge in [0, 0.05) is 23.1 Å². The fourth-order valence-electron chi connectivity index (χ4n) is 3.67. The van der Waals surface area contributed by atoms with E-state index in [1.807, 2.05) is 36.4 Å². The van der Waals surface area contributed by atoms with Crippen molar-refractivity contribution in [1.29, 1.82) is 5.26 Å².